The van der Waals surface area contributed by atoms with E-state index < -0.39 is 5.97 Å². The van der Waals surface area contributed by atoms with Crippen LogP contribution in [0.15, 0.2) is 0 Å². The SMILES string of the molecule is COC(=O)c1nc2c(C)[nH]nc2nc1N. The maximum Gasteiger partial charge on any atom is 0.360 e. The van der Waals surface area contributed by atoms with Gasteiger partial charge in [-0.05, 0) is 6.92 Å². The highest BCUT2D eigenvalue weighted by Gasteiger charge is 2.16. The highest BCUT2D eigenvalue weighted by Crippen LogP contribution is 2.15. The average molecular weight is 207 g/mol. The third kappa shape index (κ3) is 1.37. The van der Waals surface area contributed by atoms with E-state index in [0.29, 0.717) is 11.2 Å². The van der Waals surface area contributed by atoms with Crippen molar-refractivity contribution in [2.45, 2.75) is 6.92 Å². The molecule has 15 heavy (non-hydrogen) atoms. The second-order valence-corrected chi connectivity index (χ2v) is 2.97. The molecule has 0 aliphatic heterocycles. The summed E-state index contributed by atoms with van der Waals surface area (Å²) in [6.07, 6.45) is 0. The fourth-order valence-electron chi connectivity index (χ4n) is 1.21. The quantitative estimate of drug-likeness (QED) is 0.639. The first-order valence-electron chi connectivity index (χ1n) is 4.20. The van der Waals surface area contributed by atoms with E-state index >= 15 is 0 Å². The predicted molar refractivity (Wildman–Crippen MR) is 52.2 cm³/mol. The van der Waals surface area contributed by atoms with Gasteiger partial charge in [0, 0.05) is 0 Å². The van der Waals surface area contributed by atoms with Gasteiger partial charge in [-0.25, -0.2) is 14.8 Å². The summed E-state index contributed by atoms with van der Waals surface area (Å²) in [5.41, 5.74) is 7.18. The number of methoxy groups -OCH3 is 1. The van der Waals surface area contributed by atoms with Crippen LogP contribution in [0.2, 0.25) is 0 Å². The minimum Gasteiger partial charge on any atom is -0.464 e. The second-order valence-electron chi connectivity index (χ2n) is 2.97. The van der Waals surface area contributed by atoms with Gasteiger partial charge < -0.3 is 10.5 Å². The molecule has 0 radical (unpaired) electrons. The van der Waals surface area contributed by atoms with Gasteiger partial charge in [-0.2, -0.15) is 5.10 Å². The van der Waals surface area contributed by atoms with Crippen molar-refractivity contribution < 1.29 is 9.53 Å². The number of fused-ring (bicyclic) bond motifs is 1. The molecular weight excluding hydrogens is 198 g/mol. The van der Waals surface area contributed by atoms with E-state index in [4.69, 9.17) is 5.73 Å². The van der Waals surface area contributed by atoms with Gasteiger partial charge in [0.25, 0.3) is 0 Å². The first-order chi connectivity index (χ1) is 7.13. The maximum absolute atomic E-state index is 11.3. The largest absolute Gasteiger partial charge is 0.464 e. The number of hydrogen-bond donors (Lipinski definition) is 2. The first-order valence-corrected chi connectivity index (χ1v) is 4.20. The number of aromatic nitrogens is 4. The van der Waals surface area contributed by atoms with Gasteiger partial charge >= 0.3 is 5.97 Å². The third-order valence-electron chi connectivity index (χ3n) is 1.97. The van der Waals surface area contributed by atoms with Crippen molar-refractivity contribution in [3.63, 3.8) is 0 Å². The van der Waals surface area contributed by atoms with Gasteiger partial charge in [0.05, 0.1) is 12.8 Å². The number of esters is 1. The van der Waals surface area contributed by atoms with Crippen molar-refractivity contribution in [3.8, 4) is 0 Å². The van der Waals surface area contributed by atoms with Crippen LogP contribution in [0.25, 0.3) is 11.2 Å². The van der Waals surface area contributed by atoms with Crippen LogP contribution in [-0.2, 0) is 4.74 Å². The smallest absolute Gasteiger partial charge is 0.360 e. The first kappa shape index (κ1) is 9.38. The monoisotopic (exact) mass is 207 g/mol. The number of hydrogen-bond acceptors (Lipinski definition) is 6. The van der Waals surface area contributed by atoms with Crippen LogP contribution in [0.4, 0.5) is 5.82 Å². The zero-order valence-corrected chi connectivity index (χ0v) is 8.24. The molecule has 7 nitrogen and oxygen atoms in total. The molecule has 3 N–H and O–H groups in total. The van der Waals surface area contributed by atoms with Gasteiger partial charge in [0.15, 0.2) is 11.5 Å². The molecule has 78 valence electrons. The zero-order chi connectivity index (χ0) is 11.0. The normalized spacial score (nSPS) is 10.5. The number of rotatable bonds is 1. The molecule has 0 spiro atoms. The molecule has 0 saturated heterocycles. The van der Waals surface area contributed by atoms with Crippen LogP contribution < -0.4 is 5.73 Å². The molecule has 7 heteroatoms. The van der Waals surface area contributed by atoms with Crippen molar-refractivity contribution in [2.24, 2.45) is 0 Å². The number of nitrogens with zero attached hydrogens (tertiary/aromatic N) is 3. The van der Waals surface area contributed by atoms with Crippen molar-refractivity contribution >= 4 is 23.0 Å². The topological polar surface area (TPSA) is 107 Å². The zero-order valence-electron chi connectivity index (χ0n) is 8.24. The lowest BCUT2D eigenvalue weighted by Crippen LogP contribution is -2.10. The molecule has 0 aromatic carbocycles. The average Bonchev–Trinajstić information content (AvgIpc) is 2.58. The number of nitrogens with one attached hydrogen (secondary N) is 1. The Morgan fingerprint density at radius 1 is 1.47 bits per heavy atom. The minimum atomic E-state index is -0.609. The molecule has 2 aromatic heterocycles. The number of anilines is 1. The Labute approximate surface area is 84.7 Å². The van der Waals surface area contributed by atoms with Crippen molar-refractivity contribution in [1.82, 2.24) is 20.2 Å². The number of carbonyl (C=O) groups is 1. The van der Waals surface area contributed by atoms with Gasteiger partial charge in [-0.15, -0.1) is 0 Å². The number of aryl methyl sites for hydroxylation is 1. The van der Waals surface area contributed by atoms with Gasteiger partial charge in [-0.3, -0.25) is 5.10 Å². The van der Waals surface area contributed by atoms with Crippen LogP contribution in [0, 0.1) is 6.92 Å². The fraction of sp³-hybridized carbons (Fsp3) is 0.250. The Morgan fingerprint density at radius 3 is 2.87 bits per heavy atom. The maximum atomic E-state index is 11.3. The van der Waals surface area contributed by atoms with Gasteiger partial charge in [-0.1, -0.05) is 0 Å². The van der Waals surface area contributed by atoms with E-state index in [9.17, 15) is 4.79 Å². The molecule has 2 aromatic rings. The summed E-state index contributed by atoms with van der Waals surface area (Å²) in [4.78, 5) is 19.3. The number of nitrogens with two attached hydrogens (primary N) is 1. The highest BCUT2D eigenvalue weighted by atomic mass is 16.5. The summed E-state index contributed by atoms with van der Waals surface area (Å²) in [6, 6.07) is 0. The Bertz CT molecular complexity index is 533. The molecular formula is C8H9N5O2. The standard InChI is InChI=1S/C8H9N5O2/c1-3-4-7(13-12-3)11-6(9)5(10-4)8(14)15-2/h1-2H3,(H3,9,11,12,13). The van der Waals surface area contributed by atoms with Crippen LogP contribution in [-0.4, -0.2) is 33.2 Å². The molecule has 0 unspecified atom stereocenters. The molecule has 0 aliphatic carbocycles. The molecule has 0 saturated carbocycles. The minimum absolute atomic E-state index is 0.00880. The lowest BCUT2D eigenvalue weighted by molar-refractivity contribution is 0.0595. The van der Waals surface area contributed by atoms with Gasteiger partial charge in [0.2, 0.25) is 5.65 Å². The number of aromatic amines is 1. The molecule has 2 heterocycles. The summed E-state index contributed by atoms with van der Waals surface area (Å²) in [5.74, 6) is -0.594. The summed E-state index contributed by atoms with van der Waals surface area (Å²) < 4.78 is 4.53. The molecule has 0 fully saturated rings. The van der Waals surface area contributed by atoms with E-state index in [2.05, 4.69) is 24.9 Å². The number of ether oxygens (including phenoxy) is 1. The van der Waals surface area contributed by atoms with Gasteiger partial charge in [0.1, 0.15) is 5.52 Å². The van der Waals surface area contributed by atoms with E-state index in [1.54, 1.807) is 6.92 Å². The summed E-state index contributed by atoms with van der Waals surface area (Å²) in [5, 5.41) is 6.58. The third-order valence-corrected chi connectivity index (χ3v) is 1.97. The predicted octanol–water partition coefficient (Wildman–Crippen LogP) is 0.0301. The molecule has 0 aliphatic rings. The van der Waals surface area contributed by atoms with Crippen LogP contribution in [0.3, 0.4) is 0 Å². The molecule has 0 atom stereocenters. The summed E-state index contributed by atoms with van der Waals surface area (Å²) in [6.45, 7) is 1.78. The van der Waals surface area contributed by atoms with E-state index in [-0.39, 0.29) is 11.5 Å². The van der Waals surface area contributed by atoms with E-state index in [1.165, 1.54) is 7.11 Å². The Hall–Kier alpha value is -2.18. The van der Waals surface area contributed by atoms with E-state index in [0.717, 1.165) is 5.69 Å². The van der Waals surface area contributed by atoms with Crippen LogP contribution >= 0.6 is 0 Å². The summed E-state index contributed by atoms with van der Waals surface area (Å²) >= 11 is 0. The van der Waals surface area contributed by atoms with Crippen molar-refractivity contribution in [3.05, 3.63) is 11.4 Å². The van der Waals surface area contributed by atoms with Crippen molar-refractivity contribution in [1.29, 1.82) is 0 Å². The van der Waals surface area contributed by atoms with Crippen molar-refractivity contribution in [2.75, 3.05) is 12.8 Å². The van der Waals surface area contributed by atoms with E-state index in [1.807, 2.05) is 0 Å². The Morgan fingerprint density at radius 2 is 2.20 bits per heavy atom. The number of carbonyl (C=O) groups excluding carboxylic acids is 1. The Balaban J connectivity index is 2.70. The summed E-state index contributed by atoms with van der Waals surface area (Å²) in [7, 11) is 1.26. The molecule has 2 rings (SSSR count). The highest BCUT2D eigenvalue weighted by molar-refractivity contribution is 5.94. The molecule has 0 bridgehead atoms. The molecule has 0 amide bonds. The fourth-order valence-corrected chi connectivity index (χ4v) is 1.21. The lowest BCUT2D eigenvalue weighted by atomic mass is 10.3. The van der Waals surface area contributed by atoms with Crippen LogP contribution in [0.5, 0.6) is 0 Å². The second kappa shape index (κ2) is 3.19. The number of nitrogen functional groups attached to an aromatic ring is 1. The number of H-pyrrole nitrogens is 1. The van der Waals surface area contributed by atoms with Crippen LogP contribution in [0.1, 0.15) is 16.2 Å². The Kier molecular flexibility index (Phi) is 2.00. The lowest BCUT2D eigenvalue weighted by Gasteiger charge is -2.01.